The fraction of sp³-hybridized carbons (Fsp3) is 0.143. The van der Waals surface area contributed by atoms with E-state index in [1.54, 1.807) is 25.1 Å². The van der Waals surface area contributed by atoms with E-state index in [1.165, 1.54) is 17.4 Å². The first-order valence-electron chi connectivity index (χ1n) is 6.00. The van der Waals surface area contributed by atoms with Gasteiger partial charge in [0.2, 0.25) is 5.78 Å². The van der Waals surface area contributed by atoms with Crippen LogP contribution < -0.4 is 9.47 Å². The summed E-state index contributed by atoms with van der Waals surface area (Å²) in [5, 5.41) is 10.4. The molecule has 6 nitrogen and oxygen atoms in total. The summed E-state index contributed by atoms with van der Waals surface area (Å²) >= 11 is 1.35. The molecule has 21 heavy (non-hydrogen) atoms. The molecule has 1 unspecified atom stereocenters. The Balaban J connectivity index is 1.90. The highest BCUT2D eigenvalue weighted by Gasteiger charge is 2.29. The molecule has 1 aliphatic rings. The largest absolute Gasteiger partial charge is 0.511 e. The lowest BCUT2D eigenvalue weighted by Gasteiger charge is -2.06. The first kappa shape index (κ1) is 13.4. The van der Waals surface area contributed by atoms with Crippen LogP contribution >= 0.6 is 11.3 Å². The molecule has 108 valence electrons. The van der Waals surface area contributed by atoms with Gasteiger partial charge in [0, 0.05) is 5.56 Å². The van der Waals surface area contributed by atoms with Crippen molar-refractivity contribution in [3.63, 3.8) is 0 Å². The van der Waals surface area contributed by atoms with Gasteiger partial charge in [-0.15, -0.1) is 11.3 Å². The van der Waals surface area contributed by atoms with E-state index >= 15 is 0 Å². The third-order valence-corrected chi connectivity index (χ3v) is 3.79. The van der Waals surface area contributed by atoms with Crippen LogP contribution in [-0.4, -0.2) is 23.5 Å². The molecule has 0 saturated heterocycles. The number of ether oxygens (including phenoxy) is 3. The highest BCUT2D eigenvalue weighted by atomic mass is 32.1. The molecule has 0 amide bonds. The number of carbonyl (C=O) groups excluding carboxylic acids is 1. The summed E-state index contributed by atoms with van der Waals surface area (Å²) in [6, 6.07) is 6.71. The van der Waals surface area contributed by atoms with E-state index < -0.39 is 12.6 Å². The molecule has 0 fully saturated rings. The zero-order chi connectivity index (χ0) is 15.0. The van der Waals surface area contributed by atoms with Crippen LogP contribution in [0.5, 0.6) is 11.5 Å². The molecule has 3 rings (SSSR count). The predicted octanol–water partition coefficient (Wildman–Crippen LogP) is 3.04. The Kier molecular flexibility index (Phi) is 3.26. The normalized spacial score (nSPS) is 15.8. The summed E-state index contributed by atoms with van der Waals surface area (Å²) in [6.45, 7) is 0.430. The van der Waals surface area contributed by atoms with Gasteiger partial charge in [-0.05, 0) is 36.1 Å². The van der Waals surface area contributed by atoms with Gasteiger partial charge in [-0.25, -0.2) is 4.79 Å². The van der Waals surface area contributed by atoms with Crippen molar-refractivity contribution in [1.82, 2.24) is 0 Å². The van der Waals surface area contributed by atoms with Crippen molar-refractivity contribution < 1.29 is 28.9 Å². The molecule has 0 saturated carbocycles. The van der Waals surface area contributed by atoms with E-state index in [9.17, 15) is 9.59 Å². The summed E-state index contributed by atoms with van der Waals surface area (Å²) < 4.78 is 14.8. The molecule has 2 aromatic rings. The molecule has 0 aliphatic carbocycles. The first-order valence-corrected chi connectivity index (χ1v) is 6.88. The standard InChI is InChI=1S/C14H10O6S/c1-7-5-9-10(19-14(18-9)20-13(16)17)6-8(7)12(15)11-3-2-4-21-11/h2-6,14H,1H3,(H,16,17). The van der Waals surface area contributed by atoms with E-state index in [1.807, 2.05) is 5.38 Å². The van der Waals surface area contributed by atoms with Crippen molar-refractivity contribution in [3.8, 4) is 11.5 Å². The molecule has 1 atom stereocenters. The van der Waals surface area contributed by atoms with E-state index in [4.69, 9.17) is 14.6 Å². The molecule has 1 aromatic heterocycles. The van der Waals surface area contributed by atoms with Crippen LogP contribution in [0.4, 0.5) is 4.79 Å². The topological polar surface area (TPSA) is 82.1 Å². The fourth-order valence-electron chi connectivity index (χ4n) is 1.99. The zero-order valence-corrected chi connectivity index (χ0v) is 11.7. The van der Waals surface area contributed by atoms with Crippen molar-refractivity contribution in [2.75, 3.05) is 0 Å². The van der Waals surface area contributed by atoms with Crippen molar-refractivity contribution in [2.45, 2.75) is 13.4 Å². The Hall–Kier alpha value is -2.54. The molecular weight excluding hydrogens is 296 g/mol. The first-order chi connectivity index (χ1) is 10.0. The Morgan fingerprint density at radius 1 is 1.29 bits per heavy atom. The number of thiophene rings is 1. The third kappa shape index (κ3) is 2.55. The van der Waals surface area contributed by atoms with Gasteiger partial charge in [0.05, 0.1) is 4.88 Å². The van der Waals surface area contributed by atoms with Gasteiger partial charge in [-0.2, -0.15) is 0 Å². The average molecular weight is 306 g/mol. The maximum absolute atomic E-state index is 12.4. The molecular formula is C14H10O6S. The summed E-state index contributed by atoms with van der Waals surface area (Å²) in [7, 11) is 0. The minimum atomic E-state index is -1.50. The van der Waals surface area contributed by atoms with Gasteiger partial charge < -0.3 is 19.3 Å². The number of carboxylic acid groups (broad SMARTS) is 1. The van der Waals surface area contributed by atoms with Gasteiger partial charge in [-0.1, -0.05) is 6.07 Å². The number of benzene rings is 1. The highest BCUT2D eigenvalue weighted by molar-refractivity contribution is 7.12. The molecule has 1 N–H and O–H groups in total. The number of hydrogen-bond donors (Lipinski definition) is 1. The average Bonchev–Trinajstić information content (AvgIpc) is 3.04. The van der Waals surface area contributed by atoms with Gasteiger partial charge in [0.15, 0.2) is 11.5 Å². The lowest BCUT2D eigenvalue weighted by molar-refractivity contribution is -0.147. The molecule has 0 spiro atoms. The van der Waals surface area contributed by atoms with Crippen molar-refractivity contribution in [1.29, 1.82) is 0 Å². The third-order valence-electron chi connectivity index (χ3n) is 2.92. The summed E-state index contributed by atoms with van der Waals surface area (Å²) in [5.41, 5.74) is 1.20. The van der Waals surface area contributed by atoms with Crippen molar-refractivity contribution >= 4 is 23.3 Å². The zero-order valence-electron chi connectivity index (χ0n) is 10.9. The summed E-state index contributed by atoms with van der Waals surface area (Å²) in [6.07, 6.45) is -1.50. The van der Waals surface area contributed by atoms with E-state index in [0.29, 0.717) is 21.8 Å². The minimum Gasteiger partial charge on any atom is -0.450 e. The second-order valence-corrected chi connectivity index (χ2v) is 5.28. The fourth-order valence-corrected chi connectivity index (χ4v) is 2.67. The summed E-state index contributed by atoms with van der Waals surface area (Å²) in [5.74, 6) is 0.518. The number of ketones is 1. The Labute approximate surface area is 123 Å². The lowest BCUT2D eigenvalue weighted by Crippen LogP contribution is -2.24. The second kappa shape index (κ2) is 5.10. The SMILES string of the molecule is Cc1cc2c(cc1C(=O)c1cccs1)OC(OC(=O)O)O2. The van der Waals surface area contributed by atoms with E-state index in [-0.39, 0.29) is 11.5 Å². The molecule has 1 aliphatic heterocycles. The van der Waals surface area contributed by atoms with Gasteiger partial charge in [0.25, 0.3) is 0 Å². The number of rotatable bonds is 3. The number of hydrogen-bond acceptors (Lipinski definition) is 6. The van der Waals surface area contributed by atoms with Crippen LogP contribution in [-0.2, 0) is 4.74 Å². The quantitative estimate of drug-likeness (QED) is 0.693. The maximum atomic E-state index is 12.4. The monoisotopic (exact) mass is 306 g/mol. The second-order valence-electron chi connectivity index (χ2n) is 4.33. The molecule has 1 aromatic carbocycles. The van der Waals surface area contributed by atoms with Crippen LogP contribution in [0.1, 0.15) is 20.8 Å². The number of aryl methyl sites for hydroxylation is 1. The van der Waals surface area contributed by atoms with Gasteiger partial charge in [0.1, 0.15) is 0 Å². The summed E-state index contributed by atoms with van der Waals surface area (Å²) in [4.78, 5) is 23.5. The van der Waals surface area contributed by atoms with Crippen LogP contribution in [0.15, 0.2) is 29.6 Å². The highest BCUT2D eigenvalue weighted by Crippen LogP contribution is 2.38. The minimum absolute atomic E-state index is 0.114. The molecule has 7 heteroatoms. The smallest absolute Gasteiger partial charge is 0.450 e. The number of carbonyl (C=O) groups is 2. The predicted molar refractivity (Wildman–Crippen MR) is 73.1 cm³/mol. The Morgan fingerprint density at radius 3 is 2.62 bits per heavy atom. The van der Waals surface area contributed by atoms with Crippen molar-refractivity contribution in [3.05, 3.63) is 45.6 Å². The molecule has 2 heterocycles. The molecule has 0 bridgehead atoms. The van der Waals surface area contributed by atoms with E-state index in [2.05, 4.69) is 4.74 Å². The number of fused-ring (bicyclic) bond motifs is 1. The van der Waals surface area contributed by atoms with Crippen molar-refractivity contribution in [2.24, 2.45) is 0 Å². The van der Waals surface area contributed by atoms with E-state index in [0.717, 1.165) is 0 Å². The van der Waals surface area contributed by atoms with Gasteiger partial charge in [-0.3, -0.25) is 4.79 Å². The van der Waals surface area contributed by atoms with Crippen LogP contribution in [0.3, 0.4) is 0 Å². The van der Waals surface area contributed by atoms with Crippen LogP contribution in [0, 0.1) is 6.92 Å². The maximum Gasteiger partial charge on any atom is 0.511 e. The van der Waals surface area contributed by atoms with Crippen LogP contribution in [0.25, 0.3) is 0 Å². The van der Waals surface area contributed by atoms with Gasteiger partial charge >= 0.3 is 12.6 Å². The Morgan fingerprint density at radius 2 is 2.00 bits per heavy atom. The van der Waals surface area contributed by atoms with Crippen LogP contribution in [0.2, 0.25) is 0 Å². The Bertz CT molecular complexity index is 707. The molecule has 0 radical (unpaired) electrons. The lowest BCUT2D eigenvalue weighted by atomic mass is 10.0.